The molecule has 0 amide bonds. The summed E-state index contributed by atoms with van der Waals surface area (Å²) in [5, 5.41) is 0. The first-order chi connectivity index (χ1) is 10.3. The van der Waals surface area contributed by atoms with E-state index in [0.29, 0.717) is 11.8 Å². The second-order valence-electron chi connectivity index (χ2n) is 6.42. The number of benzene rings is 1. The summed E-state index contributed by atoms with van der Waals surface area (Å²) >= 11 is 0. The van der Waals surface area contributed by atoms with Gasteiger partial charge in [0.2, 0.25) is 0 Å². The molecule has 1 aliphatic heterocycles. The van der Waals surface area contributed by atoms with Crippen molar-refractivity contribution in [2.75, 3.05) is 0 Å². The number of esters is 2. The third-order valence-electron chi connectivity index (χ3n) is 5.63. The zero-order valence-corrected chi connectivity index (χ0v) is 11.3. The van der Waals surface area contributed by atoms with Crippen LogP contribution in [0.15, 0.2) is 48.6 Å². The lowest BCUT2D eigenvalue weighted by molar-refractivity contribution is -0.154. The van der Waals surface area contributed by atoms with Crippen LogP contribution < -0.4 is 0 Å². The summed E-state index contributed by atoms with van der Waals surface area (Å²) < 4.78 is 4.91. The van der Waals surface area contributed by atoms with E-state index >= 15 is 0 Å². The molecule has 3 nitrogen and oxygen atoms in total. The molecule has 104 valence electrons. The summed E-state index contributed by atoms with van der Waals surface area (Å²) in [5.74, 6) is -0.146. The fraction of sp³-hybridized carbons (Fsp3) is 0.333. The minimum absolute atomic E-state index is 0.115. The van der Waals surface area contributed by atoms with Gasteiger partial charge in [-0.25, -0.2) is 0 Å². The summed E-state index contributed by atoms with van der Waals surface area (Å²) in [7, 11) is 0. The zero-order chi connectivity index (χ0) is 14.1. The average Bonchev–Trinajstić information content (AvgIpc) is 2.77. The number of allylic oxidation sites excluding steroid dienone is 4. The third-order valence-corrected chi connectivity index (χ3v) is 5.63. The molecule has 0 unspecified atom stereocenters. The lowest BCUT2D eigenvalue weighted by Gasteiger charge is -2.54. The Bertz CT molecular complexity index is 715. The minimum Gasteiger partial charge on any atom is -0.393 e. The Morgan fingerprint density at radius 1 is 0.762 bits per heavy atom. The molecular weight excluding hydrogens is 264 g/mol. The lowest BCUT2D eigenvalue weighted by atomic mass is 9.47. The van der Waals surface area contributed by atoms with Gasteiger partial charge in [-0.1, -0.05) is 48.6 Å². The van der Waals surface area contributed by atoms with Gasteiger partial charge in [0.05, 0.1) is 11.8 Å². The van der Waals surface area contributed by atoms with Crippen LogP contribution in [0, 0.1) is 35.5 Å². The summed E-state index contributed by atoms with van der Waals surface area (Å²) in [4.78, 5) is 24.0. The molecule has 21 heavy (non-hydrogen) atoms. The Morgan fingerprint density at radius 3 is 2.19 bits per heavy atom. The van der Waals surface area contributed by atoms with Crippen LogP contribution in [-0.2, 0) is 14.3 Å². The summed E-state index contributed by atoms with van der Waals surface area (Å²) in [6.45, 7) is 0. The molecule has 6 atom stereocenters. The SMILES string of the molecule is O=C1OC(=O)[C@@H]2[C@H]3C=C[C@@H]([C@@H]4C=C(c5ccccc5)[C@H]43)[C@@H]12. The Hall–Kier alpha value is -2.16. The Kier molecular flexibility index (Phi) is 2.04. The molecule has 1 saturated carbocycles. The monoisotopic (exact) mass is 278 g/mol. The van der Waals surface area contributed by atoms with Crippen molar-refractivity contribution in [3.8, 4) is 0 Å². The summed E-state index contributed by atoms with van der Waals surface area (Å²) in [5.41, 5.74) is 2.56. The van der Waals surface area contributed by atoms with Crippen molar-refractivity contribution >= 4 is 17.5 Å². The second-order valence-corrected chi connectivity index (χ2v) is 6.42. The van der Waals surface area contributed by atoms with E-state index in [1.165, 1.54) is 11.1 Å². The van der Waals surface area contributed by atoms with Crippen molar-refractivity contribution in [3.05, 3.63) is 54.1 Å². The van der Waals surface area contributed by atoms with Gasteiger partial charge in [-0.05, 0) is 34.8 Å². The Balaban J connectivity index is 1.59. The number of hydrogen-bond acceptors (Lipinski definition) is 3. The van der Waals surface area contributed by atoms with Crippen LogP contribution >= 0.6 is 0 Å². The number of cyclic esters (lactones) is 2. The van der Waals surface area contributed by atoms with Crippen LogP contribution in [-0.4, -0.2) is 11.9 Å². The number of carbonyl (C=O) groups excluding carboxylic acids is 2. The maximum atomic E-state index is 12.0. The van der Waals surface area contributed by atoms with E-state index in [1.807, 2.05) is 18.2 Å². The van der Waals surface area contributed by atoms with Gasteiger partial charge in [-0.2, -0.15) is 0 Å². The fourth-order valence-corrected chi connectivity index (χ4v) is 4.77. The first-order valence-electron chi connectivity index (χ1n) is 7.47. The van der Waals surface area contributed by atoms with E-state index in [-0.39, 0.29) is 35.6 Å². The van der Waals surface area contributed by atoms with Gasteiger partial charge in [0.25, 0.3) is 0 Å². The van der Waals surface area contributed by atoms with E-state index in [1.54, 1.807) is 0 Å². The topological polar surface area (TPSA) is 43.4 Å². The first kappa shape index (κ1) is 11.5. The van der Waals surface area contributed by atoms with Crippen molar-refractivity contribution in [2.45, 2.75) is 0 Å². The molecule has 2 bridgehead atoms. The normalized spacial score (nSPS) is 42.0. The van der Waals surface area contributed by atoms with E-state index < -0.39 is 0 Å². The molecule has 1 heterocycles. The van der Waals surface area contributed by atoms with Crippen LogP contribution in [0.1, 0.15) is 5.56 Å². The first-order valence-corrected chi connectivity index (χ1v) is 7.47. The molecular formula is C18H14O3. The number of rotatable bonds is 1. The van der Waals surface area contributed by atoms with Crippen LogP contribution in [0.5, 0.6) is 0 Å². The molecule has 6 rings (SSSR count). The smallest absolute Gasteiger partial charge is 0.318 e. The molecule has 0 aromatic heterocycles. The van der Waals surface area contributed by atoms with E-state index in [4.69, 9.17) is 4.74 Å². The highest BCUT2D eigenvalue weighted by atomic mass is 16.6. The predicted molar refractivity (Wildman–Crippen MR) is 75.6 cm³/mol. The van der Waals surface area contributed by atoms with Crippen molar-refractivity contribution in [2.24, 2.45) is 35.5 Å². The minimum atomic E-state index is -0.317. The van der Waals surface area contributed by atoms with Crippen molar-refractivity contribution < 1.29 is 14.3 Å². The molecule has 1 aromatic rings. The lowest BCUT2D eigenvalue weighted by Crippen LogP contribution is -2.52. The largest absolute Gasteiger partial charge is 0.393 e. The fourth-order valence-electron chi connectivity index (χ4n) is 4.77. The molecule has 2 fully saturated rings. The molecule has 1 saturated heterocycles. The van der Waals surface area contributed by atoms with Crippen LogP contribution in [0.25, 0.3) is 5.57 Å². The summed E-state index contributed by atoms with van der Waals surface area (Å²) in [6, 6.07) is 10.3. The standard InChI is InChI=1S/C18H14O3/c19-17-15-10-6-7-11(16(15)18(20)21-17)14-12(8-13(10)14)9-4-2-1-3-5-9/h1-8,10-11,13-16H/t10-,11-,13-,14+,15+,16+/m0/s1. The van der Waals surface area contributed by atoms with Gasteiger partial charge in [-0.3, -0.25) is 9.59 Å². The predicted octanol–water partition coefficient (Wildman–Crippen LogP) is 2.45. The van der Waals surface area contributed by atoms with E-state index in [2.05, 4.69) is 30.4 Å². The van der Waals surface area contributed by atoms with Crippen LogP contribution in [0.3, 0.4) is 0 Å². The molecule has 1 aromatic carbocycles. The van der Waals surface area contributed by atoms with Gasteiger partial charge in [0, 0.05) is 0 Å². The highest BCUT2D eigenvalue weighted by molar-refractivity contribution is 5.98. The van der Waals surface area contributed by atoms with Gasteiger partial charge < -0.3 is 4.74 Å². The van der Waals surface area contributed by atoms with Crippen LogP contribution in [0.2, 0.25) is 0 Å². The average molecular weight is 278 g/mol. The van der Waals surface area contributed by atoms with E-state index in [0.717, 1.165) is 0 Å². The molecule has 0 N–H and O–H groups in total. The highest BCUT2D eigenvalue weighted by Crippen LogP contribution is 2.62. The van der Waals surface area contributed by atoms with Crippen molar-refractivity contribution in [1.82, 2.24) is 0 Å². The zero-order valence-electron chi connectivity index (χ0n) is 11.3. The third kappa shape index (κ3) is 1.29. The second kappa shape index (κ2) is 3.73. The molecule has 0 spiro atoms. The highest BCUT2D eigenvalue weighted by Gasteiger charge is 2.63. The Labute approximate surface area is 122 Å². The maximum absolute atomic E-state index is 12.0. The molecule has 3 heteroatoms. The molecule has 0 radical (unpaired) electrons. The van der Waals surface area contributed by atoms with Crippen LogP contribution in [0.4, 0.5) is 0 Å². The Morgan fingerprint density at radius 2 is 1.43 bits per heavy atom. The quantitative estimate of drug-likeness (QED) is 0.450. The molecule has 5 aliphatic rings. The van der Waals surface area contributed by atoms with Gasteiger partial charge in [-0.15, -0.1) is 0 Å². The van der Waals surface area contributed by atoms with Crippen molar-refractivity contribution in [3.63, 3.8) is 0 Å². The molecule has 4 aliphatic carbocycles. The maximum Gasteiger partial charge on any atom is 0.318 e. The number of carbonyl (C=O) groups is 2. The number of ether oxygens (including phenoxy) is 1. The van der Waals surface area contributed by atoms with E-state index in [9.17, 15) is 9.59 Å². The van der Waals surface area contributed by atoms with Gasteiger partial charge >= 0.3 is 11.9 Å². The van der Waals surface area contributed by atoms with Gasteiger partial charge in [0.15, 0.2) is 0 Å². The van der Waals surface area contributed by atoms with Crippen molar-refractivity contribution in [1.29, 1.82) is 0 Å². The van der Waals surface area contributed by atoms with Gasteiger partial charge in [0.1, 0.15) is 0 Å². The summed E-state index contributed by atoms with van der Waals surface area (Å²) in [6.07, 6.45) is 6.56. The number of hydrogen-bond donors (Lipinski definition) is 0.